The number of nitrogens with one attached hydrogen (secondary N) is 1. The van der Waals surface area contributed by atoms with Crippen molar-refractivity contribution in [2.24, 2.45) is 0 Å². The van der Waals surface area contributed by atoms with Crippen molar-refractivity contribution in [2.45, 2.75) is 32.2 Å². The molecule has 156 valence electrons. The summed E-state index contributed by atoms with van der Waals surface area (Å²) in [6.07, 6.45) is 0. The molecule has 1 N–H and O–H groups in total. The summed E-state index contributed by atoms with van der Waals surface area (Å²) in [5.74, 6) is 1.41. The fourth-order valence-electron chi connectivity index (χ4n) is 2.78. The van der Waals surface area contributed by atoms with Gasteiger partial charge in [-0.3, -0.25) is 9.59 Å². The van der Waals surface area contributed by atoms with Crippen LogP contribution in [0.5, 0.6) is 5.75 Å². The molecule has 7 heteroatoms. The van der Waals surface area contributed by atoms with Gasteiger partial charge in [0.1, 0.15) is 11.8 Å². The van der Waals surface area contributed by atoms with E-state index in [9.17, 15) is 9.59 Å². The number of rotatable bonds is 10. The smallest absolute Gasteiger partial charge is 0.242 e. The third kappa shape index (κ3) is 6.98. The van der Waals surface area contributed by atoms with E-state index in [1.54, 1.807) is 18.9 Å². The van der Waals surface area contributed by atoms with E-state index in [1.807, 2.05) is 55.5 Å². The summed E-state index contributed by atoms with van der Waals surface area (Å²) < 4.78 is 5.19. The first-order valence-electron chi connectivity index (χ1n) is 9.47. The average molecular weight is 435 g/mol. The van der Waals surface area contributed by atoms with Crippen LogP contribution in [-0.4, -0.2) is 42.2 Å². The van der Waals surface area contributed by atoms with Crippen LogP contribution >= 0.6 is 23.4 Å². The van der Waals surface area contributed by atoms with E-state index in [2.05, 4.69) is 5.32 Å². The lowest BCUT2D eigenvalue weighted by Crippen LogP contribution is -2.48. The topological polar surface area (TPSA) is 58.6 Å². The SMILES string of the molecule is CCNC(=O)[C@@H](C)N(Cc1ccc(OC)cc1)C(=O)CSCc1ccccc1Cl. The molecule has 0 fully saturated rings. The molecular weight excluding hydrogens is 408 g/mol. The third-order valence-corrected chi connectivity index (χ3v) is 5.81. The number of thioether (sulfide) groups is 1. The minimum Gasteiger partial charge on any atom is -0.497 e. The number of nitrogens with zero attached hydrogens (tertiary/aromatic N) is 1. The van der Waals surface area contributed by atoms with Crippen LogP contribution in [0.4, 0.5) is 0 Å². The minimum atomic E-state index is -0.564. The zero-order chi connectivity index (χ0) is 21.2. The van der Waals surface area contributed by atoms with E-state index < -0.39 is 6.04 Å². The molecular formula is C22H27ClN2O3S. The van der Waals surface area contributed by atoms with Gasteiger partial charge in [-0.25, -0.2) is 0 Å². The number of carbonyl (C=O) groups excluding carboxylic acids is 2. The average Bonchev–Trinajstić information content (AvgIpc) is 2.73. The standard InChI is InChI=1S/C22H27ClN2O3S/c1-4-24-22(27)16(2)25(13-17-9-11-19(28-3)12-10-17)21(26)15-29-14-18-7-5-6-8-20(18)23/h5-12,16H,4,13-15H2,1-3H3,(H,24,27)/t16-/m1/s1. The molecule has 0 radical (unpaired) electrons. The Balaban J connectivity index is 2.06. The predicted molar refractivity (Wildman–Crippen MR) is 119 cm³/mol. The van der Waals surface area contributed by atoms with E-state index >= 15 is 0 Å². The first-order valence-corrected chi connectivity index (χ1v) is 11.0. The van der Waals surface area contributed by atoms with E-state index in [-0.39, 0.29) is 17.6 Å². The van der Waals surface area contributed by atoms with Gasteiger partial charge in [0.05, 0.1) is 12.9 Å². The quantitative estimate of drug-likeness (QED) is 0.610. The van der Waals surface area contributed by atoms with Gasteiger partial charge in [-0.05, 0) is 43.2 Å². The van der Waals surface area contributed by atoms with Crippen LogP contribution in [0.15, 0.2) is 48.5 Å². The highest BCUT2D eigenvalue weighted by Gasteiger charge is 2.25. The third-order valence-electron chi connectivity index (χ3n) is 4.47. The van der Waals surface area contributed by atoms with Gasteiger partial charge in [0.25, 0.3) is 0 Å². The molecule has 0 aromatic heterocycles. The Bertz CT molecular complexity index is 814. The monoisotopic (exact) mass is 434 g/mol. The number of benzene rings is 2. The fraction of sp³-hybridized carbons (Fsp3) is 0.364. The highest BCUT2D eigenvalue weighted by Crippen LogP contribution is 2.22. The molecule has 2 amide bonds. The highest BCUT2D eigenvalue weighted by molar-refractivity contribution is 7.99. The summed E-state index contributed by atoms with van der Waals surface area (Å²) in [6.45, 7) is 4.49. The number of amides is 2. The summed E-state index contributed by atoms with van der Waals surface area (Å²) >= 11 is 7.68. The molecule has 2 rings (SSSR count). The molecule has 0 saturated carbocycles. The van der Waals surface area contributed by atoms with Crippen molar-refractivity contribution in [2.75, 3.05) is 19.4 Å². The maximum atomic E-state index is 13.0. The van der Waals surface area contributed by atoms with Crippen molar-refractivity contribution in [1.82, 2.24) is 10.2 Å². The zero-order valence-electron chi connectivity index (χ0n) is 17.0. The first kappa shape index (κ1) is 23.1. The van der Waals surface area contributed by atoms with Gasteiger partial charge in [-0.15, -0.1) is 11.8 Å². The fourth-order valence-corrected chi connectivity index (χ4v) is 3.97. The van der Waals surface area contributed by atoms with Crippen molar-refractivity contribution in [3.8, 4) is 5.75 Å². The van der Waals surface area contributed by atoms with E-state index in [4.69, 9.17) is 16.3 Å². The molecule has 0 aliphatic heterocycles. The van der Waals surface area contributed by atoms with Crippen molar-refractivity contribution < 1.29 is 14.3 Å². The number of carbonyl (C=O) groups is 2. The van der Waals surface area contributed by atoms with Crippen molar-refractivity contribution in [1.29, 1.82) is 0 Å². The van der Waals surface area contributed by atoms with Gasteiger partial charge in [-0.2, -0.15) is 0 Å². The normalized spacial score (nSPS) is 11.6. The first-order chi connectivity index (χ1) is 14.0. The molecule has 0 aliphatic carbocycles. The van der Waals surface area contributed by atoms with Crippen LogP contribution in [-0.2, 0) is 21.9 Å². The van der Waals surface area contributed by atoms with Gasteiger partial charge in [-0.1, -0.05) is 41.9 Å². The van der Waals surface area contributed by atoms with Crippen LogP contribution in [0.1, 0.15) is 25.0 Å². The maximum Gasteiger partial charge on any atom is 0.242 e. The Morgan fingerprint density at radius 3 is 2.48 bits per heavy atom. The van der Waals surface area contributed by atoms with Crippen molar-refractivity contribution >= 4 is 35.2 Å². The van der Waals surface area contributed by atoms with Crippen LogP contribution in [0.25, 0.3) is 0 Å². The Hall–Kier alpha value is -2.18. The summed E-state index contributed by atoms with van der Waals surface area (Å²) in [6, 6.07) is 14.5. The van der Waals surface area contributed by atoms with E-state index in [0.29, 0.717) is 23.9 Å². The Labute approximate surface area is 181 Å². The van der Waals surface area contributed by atoms with Crippen LogP contribution in [0.2, 0.25) is 5.02 Å². The second-order valence-corrected chi connectivity index (χ2v) is 7.92. The van der Waals surface area contributed by atoms with Crippen molar-refractivity contribution in [3.63, 3.8) is 0 Å². The lowest BCUT2D eigenvalue weighted by atomic mass is 10.1. The molecule has 0 aliphatic rings. The summed E-state index contributed by atoms with van der Waals surface area (Å²) in [4.78, 5) is 27.0. The summed E-state index contributed by atoms with van der Waals surface area (Å²) in [5.41, 5.74) is 1.93. The molecule has 0 heterocycles. The highest BCUT2D eigenvalue weighted by atomic mass is 35.5. The Morgan fingerprint density at radius 2 is 1.86 bits per heavy atom. The van der Waals surface area contributed by atoms with Gasteiger partial charge in [0, 0.05) is 23.9 Å². The van der Waals surface area contributed by atoms with Crippen molar-refractivity contribution in [3.05, 3.63) is 64.7 Å². The number of halogens is 1. The summed E-state index contributed by atoms with van der Waals surface area (Å²) in [7, 11) is 1.61. The second kappa shape index (κ2) is 11.7. The van der Waals surface area contributed by atoms with Crippen LogP contribution in [0.3, 0.4) is 0 Å². The second-order valence-electron chi connectivity index (χ2n) is 6.52. The maximum absolute atomic E-state index is 13.0. The zero-order valence-corrected chi connectivity index (χ0v) is 18.6. The van der Waals surface area contributed by atoms with Gasteiger partial charge < -0.3 is 15.0 Å². The van der Waals surface area contributed by atoms with Gasteiger partial charge in [0.15, 0.2) is 0 Å². The molecule has 1 atom stereocenters. The molecule has 2 aromatic carbocycles. The van der Waals surface area contributed by atoms with E-state index in [1.165, 1.54) is 11.8 Å². The van der Waals surface area contributed by atoms with E-state index in [0.717, 1.165) is 16.9 Å². The largest absolute Gasteiger partial charge is 0.497 e. The molecule has 0 saturated heterocycles. The minimum absolute atomic E-state index is 0.0865. The number of likely N-dealkylation sites (N-methyl/N-ethyl adjacent to an activating group) is 1. The Kier molecular flexibility index (Phi) is 9.35. The van der Waals surface area contributed by atoms with Crippen LogP contribution < -0.4 is 10.1 Å². The van der Waals surface area contributed by atoms with Gasteiger partial charge in [0.2, 0.25) is 11.8 Å². The lowest BCUT2D eigenvalue weighted by molar-refractivity contribution is -0.138. The molecule has 0 bridgehead atoms. The molecule has 0 spiro atoms. The number of hydrogen-bond donors (Lipinski definition) is 1. The van der Waals surface area contributed by atoms with Crippen LogP contribution in [0, 0.1) is 0 Å². The number of ether oxygens (including phenoxy) is 1. The lowest BCUT2D eigenvalue weighted by Gasteiger charge is -2.28. The summed E-state index contributed by atoms with van der Waals surface area (Å²) in [5, 5.41) is 3.49. The number of methoxy groups -OCH3 is 1. The molecule has 2 aromatic rings. The molecule has 0 unspecified atom stereocenters. The predicted octanol–water partition coefficient (Wildman–Crippen LogP) is 4.14. The van der Waals surface area contributed by atoms with Gasteiger partial charge >= 0.3 is 0 Å². The number of hydrogen-bond acceptors (Lipinski definition) is 4. The molecule has 5 nitrogen and oxygen atoms in total. The molecule has 29 heavy (non-hydrogen) atoms. The Morgan fingerprint density at radius 1 is 1.17 bits per heavy atom.